The maximum atomic E-state index is 12.0. The number of aliphatic hydroxyl groups is 3. The number of phenols is 3. The Morgan fingerprint density at radius 2 is 1.14 bits per heavy atom. The molecule has 0 heterocycles. The van der Waals surface area contributed by atoms with Crippen molar-refractivity contribution >= 4 is 5.97 Å². The minimum absolute atomic E-state index is 0.0250. The smallest absolute Gasteiger partial charge is 0.338 e. The zero-order valence-electron chi connectivity index (χ0n) is 19.0. The van der Waals surface area contributed by atoms with E-state index in [-0.39, 0.29) is 25.4 Å². The van der Waals surface area contributed by atoms with Gasteiger partial charge in [-0.1, -0.05) is 0 Å². The van der Waals surface area contributed by atoms with E-state index >= 15 is 0 Å². The van der Waals surface area contributed by atoms with Gasteiger partial charge < -0.3 is 49.6 Å². The minimum atomic E-state index is -1.15. The Labute approximate surface area is 205 Å². The third-order valence-corrected chi connectivity index (χ3v) is 4.69. The Morgan fingerprint density at radius 1 is 0.694 bits per heavy atom. The lowest BCUT2D eigenvalue weighted by molar-refractivity contribution is 0.0129. The Kier molecular flexibility index (Phi) is 9.17. The van der Waals surface area contributed by atoms with Gasteiger partial charge in [-0.15, -0.1) is 0 Å². The molecule has 192 valence electrons. The van der Waals surface area contributed by atoms with E-state index in [0.29, 0.717) is 23.0 Å². The number of esters is 1. The van der Waals surface area contributed by atoms with Crippen molar-refractivity contribution in [1.29, 1.82) is 0 Å². The summed E-state index contributed by atoms with van der Waals surface area (Å²) in [5.41, 5.74) is -0.200. The van der Waals surface area contributed by atoms with Crippen molar-refractivity contribution in [3.8, 4) is 40.2 Å². The van der Waals surface area contributed by atoms with E-state index in [0.717, 1.165) is 12.1 Å². The van der Waals surface area contributed by atoms with Gasteiger partial charge in [-0.05, 0) is 60.7 Å². The zero-order chi connectivity index (χ0) is 26.1. The summed E-state index contributed by atoms with van der Waals surface area (Å²) in [4.78, 5) is 12.0. The van der Waals surface area contributed by atoms with Crippen LogP contribution in [0.4, 0.5) is 0 Å². The van der Waals surface area contributed by atoms with Crippen LogP contribution in [0.3, 0.4) is 0 Å². The molecule has 0 aliphatic rings. The molecule has 0 bridgehead atoms. The van der Waals surface area contributed by atoms with Crippen molar-refractivity contribution in [1.82, 2.24) is 0 Å². The lowest BCUT2D eigenvalue weighted by Crippen LogP contribution is -2.25. The molecule has 2 unspecified atom stereocenters. The molecule has 0 fully saturated rings. The molecular weight excluding hydrogens is 476 g/mol. The highest BCUT2D eigenvalue weighted by Crippen LogP contribution is 2.35. The number of ether oxygens (including phenoxy) is 4. The Balaban J connectivity index is 1.42. The molecule has 3 rings (SSSR count). The normalized spacial score (nSPS) is 12.4. The molecule has 6 N–H and O–H groups in total. The molecule has 0 saturated heterocycles. The van der Waals surface area contributed by atoms with E-state index in [4.69, 9.17) is 24.1 Å². The SMILES string of the molecule is O=C(OCC(O)COc1ccc(Oc2ccc(OCC(O)CO)cc2)cc1)c1cc(O)c(O)c(O)c1. The van der Waals surface area contributed by atoms with Crippen molar-refractivity contribution in [3.63, 3.8) is 0 Å². The first-order chi connectivity index (χ1) is 17.2. The molecule has 11 nitrogen and oxygen atoms in total. The first-order valence-corrected chi connectivity index (χ1v) is 10.8. The van der Waals surface area contributed by atoms with Crippen molar-refractivity contribution in [3.05, 3.63) is 66.2 Å². The van der Waals surface area contributed by atoms with Crippen LogP contribution in [-0.2, 0) is 4.74 Å². The maximum Gasteiger partial charge on any atom is 0.338 e. The topological polar surface area (TPSA) is 175 Å². The third kappa shape index (κ3) is 7.67. The number of phenolic OH excluding ortho intramolecular Hbond substituents is 3. The van der Waals surface area contributed by atoms with Crippen molar-refractivity contribution in [2.45, 2.75) is 12.2 Å². The lowest BCUT2D eigenvalue weighted by Gasteiger charge is -2.14. The largest absolute Gasteiger partial charge is 0.504 e. The van der Waals surface area contributed by atoms with Crippen LogP contribution in [0.5, 0.6) is 40.2 Å². The summed E-state index contributed by atoms with van der Waals surface area (Å²) < 4.78 is 21.5. The molecule has 0 aliphatic heterocycles. The highest BCUT2D eigenvalue weighted by atomic mass is 16.5. The maximum absolute atomic E-state index is 12.0. The van der Waals surface area contributed by atoms with Gasteiger partial charge in [0.25, 0.3) is 0 Å². The summed E-state index contributed by atoms with van der Waals surface area (Å²) in [7, 11) is 0. The number of aliphatic hydroxyl groups excluding tert-OH is 3. The van der Waals surface area contributed by atoms with Gasteiger partial charge >= 0.3 is 5.97 Å². The van der Waals surface area contributed by atoms with Crippen molar-refractivity contribution in [2.75, 3.05) is 26.4 Å². The Bertz CT molecular complexity index is 1110. The number of hydrogen-bond donors (Lipinski definition) is 6. The van der Waals surface area contributed by atoms with Gasteiger partial charge in [-0.25, -0.2) is 4.79 Å². The molecule has 0 saturated carbocycles. The lowest BCUT2D eigenvalue weighted by atomic mass is 10.2. The van der Waals surface area contributed by atoms with Crippen LogP contribution in [0.1, 0.15) is 10.4 Å². The molecule has 0 aromatic heterocycles. The fourth-order valence-electron chi connectivity index (χ4n) is 2.81. The van der Waals surface area contributed by atoms with Crippen LogP contribution < -0.4 is 14.2 Å². The standard InChI is InChI=1S/C25H26O11/c26-11-16(27)12-33-18-1-5-20(6-2-18)36-21-7-3-19(4-8-21)34-13-17(28)14-35-25(32)15-9-22(29)24(31)23(30)10-15/h1-10,16-17,26-31H,11-14H2. The van der Waals surface area contributed by atoms with E-state index in [1.54, 1.807) is 48.5 Å². The van der Waals surface area contributed by atoms with Crippen LogP contribution >= 0.6 is 0 Å². The summed E-state index contributed by atoms with van der Waals surface area (Å²) in [6.07, 6.45) is -2.10. The predicted molar refractivity (Wildman–Crippen MR) is 125 cm³/mol. The van der Waals surface area contributed by atoms with Crippen molar-refractivity contribution in [2.24, 2.45) is 0 Å². The summed E-state index contributed by atoms with van der Waals surface area (Å²) in [6, 6.07) is 15.1. The average Bonchev–Trinajstić information content (AvgIpc) is 2.89. The van der Waals surface area contributed by atoms with E-state index in [9.17, 15) is 30.3 Å². The van der Waals surface area contributed by atoms with Crippen LogP contribution in [-0.4, -0.2) is 75.2 Å². The van der Waals surface area contributed by atoms with Crippen molar-refractivity contribution < 1.29 is 54.4 Å². The first-order valence-electron chi connectivity index (χ1n) is 10.8. The highest BCUT2D eigenvalue weighted by molar-refractivity contribution is 5.91. The third-order valence-electron chi connectivity index (χ3n) is 4.69. The van der Waals surface area contributed by atoms with E-state index in [1.807, 2.05) is 0 Å². The minimum Gasteiger partial charge on any atom is -0.504 e. The Hall–Kier alpha value is -4.19. The second kappa shape index (κ2) is 12.5. The number of carbonyl (C=O) groups is 1. The molecule has 3 aromatic carbocycles. The number of aromatic hydroxyl groups is 3. The number of rotatable bonds is 12. The van der Waals surface area contributed by atoms with Crippen LogP contribution in [0.25, 0.3) is 0 Å². The number of hydrogen-bond acceptors (Lipinski definition) is 11. The molecular formula is C25H26O11. The van der Waals surface area contributed by atoms with Gasteiger partial charge in [-0.2, -0.15) is 0 Å². The fraction of sp³-hybridized carbons (Fsp3) is 0.240. The summed E-state index contributed by atoms with van der Waals surface area (Å²) in [5.74, 6) is -1.000. The van der Waals surface area contributed by atoms with Crippen LogP contribution in [0.15, 0.2) is 60.7 Å². The van der Waals surface area contributed by atoms with Gasteiger partial charge in [0.15, 0.2) is 17.2 Å². The van der Waals surface area contributed by atoms with Gasteiger partial charge in [0.05, 0.1) is 12.2 Å². The molecule has 11 heteroatoms. The molecule has 0 amide bonds. The van der Waals surface area contributed by atoms with E-state index in [1.165, 1.54) is 0 Å². The van der Waals surface area contributed by atoms with Gasteiger partial charge in [-0.3, -0.25) is 0 Å². The van der Waals surface area contributed by atoms with E-state index in [2.05, 4.69) is 0 Å². The second-order valence-electron chi connectivity index (χ2n) is 7.62. The molecule has 36 heavy (non-hydrogen) atoms. The molecule has 0 aliphatic carbocycles. The summed E-state index contributed by atoms with van der Waals surface area (Å²) >= 11 is 0. The fourth-order valence-corrected chi connectivity index (χ4v) is 2.81. The van der Waals surface area contributed by atoms with Gasteiger partial charge in [0.2, 0.25) is 0 Å². The zero-order valence-corrected chi connectivity index (χ0v) is 19.0. The molecule has 0 radical (unpaired) electrons. The molecule has 2 atom stereocenters. The average molecular weight is 502 g/mol. The van der Waals surface area contributed by atoms with E-state index < -0.39 is 42.0 Å². The number of benzene rings is 3. The molecule has 0 spiro atoms. The summed E-state index contributed by atoms with van der Waals surface area (Å²) in [5, 5.41) is 56.4. The summed E-state index contributed by atoms with van der Waals surface area (Å²) in [6.45, 7) is -0.984. The predicted octanol–water partition coefficient (Wildman–Crippen LogP) is 1.92. The molecule has 3 aromatic rings. The van der Waals surface area contributed by atoms with Crippen LogP contribution in [0.2, 0.25) is 0 Å². The van der Waals surface area contributed by atoms with Crippen LogP contribution in [0, 0.1) is 0 Å². The quantitative estimate of drug-likeness (QED) is 0.158. The second-order valence-corrected chi connectivity index (χ2v) is 7.62. The van der Waals surface area contributed by atoms with Gasteiger partial charge in [0, 0.05) is 0 Å². The highest BCUT2D eigenvalue weighted by Gasteiger charge is 2.16. The monoisotopic (exact) mass is 502 g/mol. The Morgan fingerprint density at radius 3 is 1.61 bits per heavy atom. The first kappa shape index (κ1) is 26.4. The number of carbonyl (C=O) groups excluding carboxylic acids is 1. The van der Waals surface area contributed by atoms with Gasteiger partial charge in [0.1, 0.15) is 55.0 Å².